The zero-order valence-corrected chi connectivity index (χ0v) is 13.8. The number of carbonyl (C=O) groups is 1. The topological polar surface area (TPSA) is 52.9 Å². The first-order chi connectivity index (χ1) is 10.1. The molecule has 1 heterocycles. The largest absolute Gasteiger partial charge is 0.312 e. The van der Waals surface area contributed by atoms with E-state index >= 15 is 0 Å². The highest BCUT2D eigenvalue weighted by Gasteiger charge is 2.17. The molecule has 21 heavy (non-hydrogen) atoms. The lowest BCUT2D eigenvalue weighted by Gasteiger charge is -2.08. The van der Waals surface area contributed by atoms with Gasteiger partial charge in [0.05, 0.1) is 11.1 Å². The molecule has 2 rings (SSSR count). The zero-order chi connectivity index (χ0) is 15.4. The van der Waals surface area contributed by atoms with Gasteiger partial charge >= 0.3 is 0 Å². The van der Waals surface area contributed by atoms with Crippen molar-refractivity contribution in [2.75, 3.05) is 11.1 Å². The normalized spacial score (nSPS) is 10.2. The van der Waals surface area contributed by atoms with Gasteiger partial charge in [0.25, 0.3) is 5.91 Å². The number of thioether (sulfide) groups is 1. The molecule has 0 aliphatic carbocycles. The molecule has 3 nitrogen and oxygen atoms in total. The molecule has 0 fully saturated rings. The van der Waals surface area contributed by atoms with Crippen LogP contribution in [-0.4, -0.2) is 11.7 Å². The first kappa shape index (κ1) is 15.6. The van der Waals surface area contributed by atoms with Crippen LogP contribution in [0.2, 0.25) is 0 Å². The summed E-state index contributed by atoms with van der Waals surface area (Å²) in [5.41, 5.74) is 2.15. The van der Waals surface area contributed by atoms with Gasteiger partial charge in [-0.25, -0.2) is 0 Å². The maximum Gasteiger partial charge on any atom is 0.257 e. The van der Waals surface area contributed by atoms with Gasteiger partial charge in [0.15, 0.2) is 0 Å². The second kappa shape index (κ2) is 6.79. The average Bonchev–Trinajstić information content (AvgIpc) is 2.74. The van der Waals surface area contributed by atoms with Crippen LogP contribution in [0.3, 0.4) is 0 Å². The van der Waals surface area contributed by atoms with Crippen molar-refractivity contribution in [2.45, 2.75) is 25.7 Å². The predicted molar refractivity (Wildman–Crippen MR) is 89.3 cm³/mol. The molecular weight excluding hydrogens is 300 g/mol. The molecule has 0 atom stereocenters. The summed E-state index contributed by atoms with van der Waals surface area (Å²) in [5.74, 6) is 0.745. The maximum absolute atomic E-state index is 12.5. The maximum atomic E-state index is 12.5. The second-order valence-electron chi connectivity index (χ2n) is 4.48. The lowest BCUT2D eigenvalue weighted by molar-refractivity contribution is 0.102. The highest BCUT2D eigenvalue weighted by molar-refractivity contribution is 7.99. The fraction of sp³-hybridized carbons (Fsp3) is 0.250. The molecule has 0 spiro atoms. The summed E-state index contributed by atoms with van der Waals surface area (Å²) >= 11 is 3.08. The number of anilines is 1. The highest BCUT2D eigenvalue weighted by atomic mass is 32.2. The Morgan fingerprint density at radius 1 is 1.38 bits per heavy atom. The van der Waals surface area contributed by atoms with Gasteiger partial charge in [0.2, 0.25) is 0 Å². The van der Waals surface area contributed by atoms with Crippen molar-refractivity contribution >= 4 is 34.0 Å². The van der Waals surface area contributed by atoms with Gasteiger partial charge in [-0.15, -0.1) is 23.1 Å². The Morgan fingerprint density at radius 3 is 2.76 bits per heavy atom. The molecule has 1 aromatic carbocycles. The van der Waals surface area contributed by atoms with E-state index in [4.69, 9.17) is 0 Å². The van der Waals surface area contributed by atoms with Crippen LogP contribution in [0.4, 0.5) is 5.00 Å². The van der Waals surface area contributed by atoms with Gasteiger partial charge in [-0.1, -0.05) is 19.1 Å². The van der Waals surface area contributed by atoms with E-state index in [9.17, 15) is 10.1 Å². The SMILES string of the molecule is CCSc1ccccc1C(=O)Nc1sc(C)c(C)c1C#N. The van der Waals surface area contributed by atoms with E-state index in [1.165, 1.54) is 11.3 Å². The molecule has 2 aromatic rings. The zero-order valence-electron chi connectivity index (χ0n) is 12.2. The standard InChI is InChI=1S/C16H16N2OS2/c1-4-20-14-8-6-5-7-12(14)15(19)18-16-13(9-17)10(2)11(3)21-16/h5-8H,4H2,1-3H3,(H,18,19). The molecule has 0 aliphatic heterocycles. The van der Waals surface area contributed by atoms with Crippen LogP contribution in [0.5, 0.6) is 0 Å². The molecule has 1 aromatic heterocycles. The van der Waals surface area contributed by atoms with Crippen LogP contribution < -0.4 is 5.32 Å². The summed E-state index contributed by atoms with van der Waals surface area (Å²) in [6, 6.07) is 9.71. The van der Waals surface area contributed by atoms with E-state index in [2.05, 4.69) is 18.3 Å². The first-order valence-corrected chi connectivity index (χ1v) is 8.42. The summed E-state index contributed by atoms with van der Waals surface area (Å²) in [4.78, 5) is 14.5. The van der Waals surface area contributed by atoms with Crippen molar-refractivity contribution in [1.29, 1.82) is 5.26 Å². The molecule has 0 saturated heterocycles. The summed E-state index contributed by atoms with van der Waals surface area (Å²) in [7, 11) is 0. The number of carbonyl (C=O) groups excluding carboxylic acids is 1. The van der Waals surface area contributed by atoms with Crippen LogP contribution in [0.25, 0.3) is 0 Å². The number of rotatable bonds is 4. The number of nitrogens with zero attached hydrogens (tertiary/aromatic N) is 1. The van der Waals surface area contributed by atoms with Crippen molar-refractivity contribution in [1.82, 2.24) is 0 Å². The van der Waals surface area contributed by atoms with Crippen LogP contribution in [-0.2, 0) is 0 Å². The number of benzene rings is 1. The number of hydrogen-bond acceptors (Lipinski definition) is 4. The van der Waals surface area contributed by atoms with E-state index in [0.29, 0.717) is 16.1 Å². The molecule has 0 radical (unpaired) electrons. The smallest absolute Gasteiger partial charge is 0.257 e. The molecule has 0 bridgehead atoms. The van der Waals surface area contributed by atoms with E-state index < -0.39 is 0 Å². The summed E-state index contributed by atoms with van der Waals surface area (Å²) in [5, 5.41) is 12.8. The van der Waals surface area contributed by atoms with Crippen molar-refractivity contribution < 1.29 is 4.79 Å². The fourth-order valence-electron chi connectivity index (χ4n) is 1.96. The number of thiophene rings is 1. The average molecular weight is 316 g/mol. The number of nitrogens with one attached hydrogen (secondary N) is 1. The molecule has 1 amide bonds. The van der Waals surface area contributed by atoms with Crippen LogP contribution >= 0.6 is 23.1 Å². The summed E-state index contributed by atoms with van der Waals surface area (Å²) in [6.07, 6.45) is 0. The molecule has 108 valence electrons. The fourth-order valence-corrected chi connectivity index (χ4v) is 3.76. The monoisotopic (exact) mass is 316 g/mol. The molecule has 1 N–H and O–H groups in total. The van der Waals surface area contributed by atoms with Gasteiger partial charge in [0.1, 0.15) is 11.1 Å². The molecular formula is C16H16N2OS2. The minimum atomic E-state index is -0.163. The Hall–Kier alpha value is -1.77. The Morgan fingerprint density at radius 2 is 2.10 bits per heavy atom. The van der Waals surface area contributed by atoms with Crippen LogP contribution in [0.15, 0.2) is 29.2 Å². The lowest BCUT2D eigenvalue weighted by Crippen LogP contribution is -2.12. The third-order valence-corrected chi connectivity index (χ3v) is 5.23. The Kier molecular flexibility index (Phi) is 5.05. The summed E-state index contributed by atoms with van der Waals surface area (Å²) in [6.45, 7) is 5.91. The molecule has 0 unspecified atom stereocenters. The van der Waals surface area contributed by atoms with E-state index in [0.717, 1.165) is 21.1 Å². The molecule has 5 heteroatoms. The third-order valence-electron chi connectivity index (χ3n) is 3.16. The van der Waals surface area contributed by atoms with Crippen molar-refractivity contribution in [3.63, 3.8) is 0 Å². The molecule has 0 saturated carbocycles. The van der Waals surface area contributed by atoms with Crippen molar-refractivity contribution in [2.24, 2.45) is 0 Å². The van der Waals surface area contributed by atoms with E-state index in [-0.39, 0.29) is 5.91 Å². The Labute approximate surface area is 133 Å². The summed E-state index contributed by atoms with van der Waals surface area (Å²) < 4.78 is 0. The van der Waals surface area contributed by atoms with Gasteiger partial charge in [-0.3, -0.25) is 4.79 Å². The van der Waals surface area contributed by atoms with Crippen LogP contribution in [0, 0.1) is 25.2 Å². The molecule has 0 aliphatic rings. The van der Waals surface area contributed by atoms with Crippen LogP contribution in [0.1, 0.15) is 33.3 Å². The van der Waals surface area contributed by atoms with E-state index in [1.807, 2.05) is 38.1 Å². The van der Waals surface area contributed by atoms with Gasteiger partial charge in [0, 0.05) is 9.77 Å². The second-order valence-corrected chi connectivity index (χ2v) is 7.01. The highest BCUT2D eigenvalue weighted by Crippen LogP contribution is 2.32. The minimum Gasteiger partial charge on any atom is -0.312 e. The predicted octanol–water partition coefficient (Wildman–Crippen LogP) is 4.60. The van der Waals surface area contributed by atoms with E-state index in [1.54, 1.807) is 11.8 Å². The number of amides is 1. The first-order valence-electron chi connectivity index (χ1n) is 6.61. The van der Waals surface area contributed by atoms with Gasteiger partial charge in [-0.05, 0) is 37.3 Å². The number of nitriles is 1. The number of hydrogen-bond donors (Lipinski definition) is 1. The van der Waals surface area contributed by atoms with Gasteiger partial charge < -0.3 is 5.32 Å². The number of aryl methyl sites for hydroxylation is 1. The lowest BCUT2D eigenvalue weighted by atomic mass is 10.1. The minimum absolute atomic E-state index is 0.163. The Balaban J connectivity index is 2.31. The van der Waals surface area contributed by atoms with Crippen molar-refractivity contribution in [3.05, 3.63) is 45.8 Å². The van der Waals surface area contributed by atoms with Gasteiger partial charge in [-0.2, -0.15) is 5.26 Å². The third kappa shape index (κ3) is 3.29. The van der Waals surface area contributed by atoms with Crippen molar-refractivity contribution in [3.8, 4) is 6.07 Å². The Bertz CT molecular complexity index is 714. The quantitative estimate of drug-likeness (QED) is 0.839.